The monoisotopic (exact) mass is 552 g/mol. The van der Waals surface area contributed by atoms with Gasteiger partial charge in [0.05, 0.1) is 0 Å². The highest BCUT2D eigenvalue weighted by atomic mass is 16.5. The normalized spacial score (nSPS) is 10.6. The molecule has 0 heterocycles. The van der Waals surface area contributed by atoms with E-state index in [0.717, 1.165) is 22.6 Å². The predicted molar refractivity (Wildman–Crippen MR) is 167 cm³/mol. The van der Waals surface area contributed by atoms with Crippen LogP contribution >= 0.6 is 0 Å². The van der Waals surface area contributed by atoms with Crippen LogP contribution in [0.5, 0.6) is 46.0 Å². The molecule has 6 aromatic carbocycles. The van der Waals surface area contributed by atoms with Gasteiger partial charge in [0.2, 0.25) is 0 Å². The van der Waals surface area contributed by atoms with Crippen molar-refractivity contribution >= 4 is 11.4 Å². The van der Waals surface area contributed by atoms with Crippen LogP contribution in [-0.2, 0) is 0 Å². The molecule has 0 aliphatic carbocycles. The molecule has 206 valence electrons. The molecule has 0 atom stereocenters. The molecule has 6 aromatic rings. The number of hydrogen-bond acceptors (Lipinski definition) is 6. The van der Waals surface area contributed by atoms with Crippen molar-refractivity contribution in [3.63, 3.8) is 0 Å². The van der Waals surface area contributed by atoms with Crippen molar-refractivity contribution in [2.24, 2.45) is 0 Å². The van der Waals surface area contributed by atoms with E-state index in [-0.39, 0.29) is 0 Å². The summed E-state index contributed by atoms with van der Waals surface area (Å²) in [5, 5.41) is 0. The minimum atomic E-state index is 0.652. The van der Waals surface area contributed by atoms with Crippen LogP contribution in [0, 0.1) is 0 Å². The fourth-order valence-corrected chi connectivity index (χ4v) is 4.33. The summed E-state index contributed by atoms with van der Waals surface area (Å²) in [4.78, 5) is 0. The summed E-state index contributed by atoms with van der Waals surface area (Å²) >= 11 is 0. The number of hydrogen-bond donors (Lipinski definition) is 2. The molecule has 42 heavy (non-hydrogen) atoms. The van der Waals surface area contributed by atoms with Gasteiger partial charge in [-0.25, -0.2) is 0 Å². The number of nitrogen functional groups attached to an aromatic ring is 2. The van der Waals surface area contributed by atoms with Gasteiger partial charge in [-0.2, -0.15) is 0 Å². The molecule has 0 saturated carbocycles. The standard InChI is InChI=1S/C36H28N2O4/c37-27-7-3-11-35(23-27)41-31-17-13-29(14-18-31)39-33-9-1-5-25(21-33)26-6-2-10-34(22-26)40-30-15-19-32(20-16-30)42-36-12-4-8-28(38)24-36/h1-24H,37-38H2. The van der Waals surface area contributed by atoms with Gasteiger partial charge in [-0.1, -0.05) is 36.4 Å². The first-order valence-corrected chi connectivity index (χ1v) is 13.4. The second-order valence-corrected chi connectivity index (χ2v) is 9.55. The minimum absolute atomic E-state index is 0.652. The zero-order chi connectivity index (χ0) is 28.7. The molecule has 0 fully saturated rings. The van der Waals surface area contributed by atoms with E-state index in [1.54, 1.807) is 12.1 Å². The predicted octanol–water partition coefficient (Wildman–Crippen LogP) is 9.69. The third-order valence-corrected chi connectivity index (χ3v) is 6.31. The molecule has 4 N–H and O–H groups in total. The van der Waals surface area contributed by atoms with Gasteiger partial charge in [0.15, 0.2) is 0 Å². The summed E-state index contributed by atoms with van der Waals surface area (Å²) in [6, 6.07) is 45.4. The lowest BCUT2D eigenvalue weighted by molar-refractivity contribution is 0.469. The van der Waals surface area contributed by atoms with Crippen molar-refractivity contribution in [3.05, 3.63) is 146 Å². The maximum atomic E-state index is 6.13. The molecule has 0 aliphatic heterocycles. The van der Waals surface area contributed by atoms with Crippen molar-refractivity contribution in [1.29, 1.82) is 0 Å². The fourth-order valence-electron chi connectivity index (χ4n) is 4.33. The smallest absolute Gasteiger partial charge is 0.129 e. The lowest BCUT2D eigenvalue weighted by Crippen LogP contribution is -1.89. The molecule has 0 aromatic heterocycles. The summed E-state index contributed by atoms with van der Waals surface area (Å²) in [5.41, 5.74) is 15.0. The molecule has 0 spiro atoms. The molecule has 0 amide bonds. The van der Waals surface area contributed by atoms with Crippen LogP contribution in [0.2, 0.25) is 0 Å². The van der Waals surface area contributed by atoms with Crippen LogP contribution in [0.15, 0.2) is 146 Å². The van der Waals surface area contributed by atoms with Gasteiger partial charge in [0, 0.05) is 23.5 Å². The summed E-state index contributed by atoms with van der Waals surface area (Å²) < 4.78 is 24.0. The third-order valence-electron chi connectivity index (χ3n) is 6.31. The van der Waals surface area contributed by atoms with E-state index in [2.05, 4.69) is 0 Å². The van der Waals surface area contributed by atoms with E-state index >= 15 is 0 Å². The molecule has 6 rings (SSSR count). The van der Waals surface area contributed by atoms with E-state index in [1.165, 1.54) is 0 Å². The maximum Gasteiger partial charge on any atom is 0.129 e. The molecule has 6 nitrogen and oxygen atoms in total. The zero-order valence-electron chi connectivity index (χ0n) is 22.6. The Balaban J connectivity index is 1.10. The van der Waals surface area contributed by atoms with Gasteiger partial charge in [0.1, 0.15) is 46.0 Å². The molecule has 0 saturated heterocycles. The van der Waals surface area contributed by atoms with Crippen LogP contribution < -0.4 is 30.4 Å². The molecule has 0 aliphatic rings. The first-order chi connectivity index (χ1) is 20.6. The van der Waals surface area contributed by atoms with E-state index in [0.29, 0.717) is 45.9 Å². The highest BCUT2D eigenvalue weighted by Crippen LogP contribution is 2.33. The Morgan fingerprint density at radius 3 is 0.881 bits per heavy atom. The first-order valence-electron chi connectivity index (χ1n) is 13.4. The van der Waals surface area contributed by atoms with Crippen molar-refractivity contribution < 1.29 is 18.9 Å². The summed E-state index contributed by atoms with van der Waals surface area (Å²) in [6.07, 6.45) is 0. The molecular formula is C36H28N2O4. The van der Waals surface area contributed by atoms with E-state index in [4.69, 9.17) is 30.4 Å². The number of rotatable bonds is 9. The number of nitrogens with two attached hydrogens (primary N) is 2. The number of anilines is 2. The van der Waals surface area contributed by atoms with E-state index in [1.807, 2.05) is 133 Å². The molecule has 0 unspecified atom stereocenters. The zero-order valence-corrected chi connectivity index (χ0v) is 22.6. The Morgan fingerprint density at radius 2 is 0.571 bits per heavy atom. The average Bonchev–Trinajstić information content (AvgIpc) is 3.00. The lowest BCUT2D eigenvalue weighted by Gasteiger charge is -2.11. The van der Waals surface area contributed by atoms with E-state index in [9.17, 15) is 0 Å². The number of benzene rings is 6. The Hall–Kier alpha value is -5.88. The maximum absolute atomic E-state index is 6.13. The molecule has 6 heteroatoms. The van der Waals surface area contributed by atoms with Gasteiger partial charge < -0.3 is 30.4 Å². The Kier molecular flexibility index (Phi) is 7.59. The van der Waals surface area contributed by atoms with E-state index < -0.39 is 0 Å². The lowest BCUT2D eigenvalue weighted by atomic mass is 10.1. The highest BCUT2D eigenvalue weighted by Gasteiger charge is 2.06. The van der Waals surface area contributed by atoms with Crippen LogP contribution in [0.4, 0.5) is 11.4 Å². The first kappa shape index (κ1) is 26.3. The topological polar surface area (TPSA) is 89.0 Å². The Labute approximate surface area is 244 Å². The molecule has 0 bridgehead atoms. The quantitative estimate of drug-likeness (QED) is 0.174. The third kappa shape index (κ3) is 6.81. The minimum Gasteiger partial charge on any atom is -0.457 e. The highest BCUT2D eigenvalue weighted by molar-refractivity contribution is 5.67. The largest absolute Gasteiger partial charge is 0.457 e. The second-order valence-electron chi connectivity index (χ2n) is 9.55. The summed E-state index contributed by atoms with van der Waals surface area (Å²) in [7, 11) is 0. The summed E-state index contributed by atoms with van der Waals surface area (Å²) in [6.45, 7) is 0. The molecular weight excluding hydrogens is 524 g/mol. The van der Waals surface area contributed by atoms with Crippen LogP contribution in [0.3, 0.4) is 0 Å². The fraction of sp³-hybridized carbons (Fsp3) is 0. The van der Waals surface area contributed by atoms with Crippen molar-refractivity contribution in [2.75, 3.05) is 11.5 Å². The SMILES string of the molecule is Nc1cccc(Oc2ccc(Oc3cccc(-c4cccc(Oc5ccc(Oc6cccc(N)c6)cc5)c4)c3)cc2)c1. The Bertz CT molecular complexity index is 1670. The van der Waals surface area contributed by atoms with Gasteiger partial charge in [0.25, 0.3) is 0 Å². The average molecular weight is 553 g/mol. The number of ether oxygens (including phenoxy) is 4. The van der Waals surface area contributed by atoms with Crippen LogP contribution in [-0.4, -0.2) is 0 Å². The summed E-state index contributed by atoms with van der Waals surface area (Å²) in [5.74, 6) is 5.60. The van der Waals surface area contributed by atoms with Crippen LogP contribution in [0.25, 0.3) is 11.1 Å². The van der Waals surface area contributed by atoms with Gasteiger partial charge in [-0.15, -0.1) is 0 Å². The van der Waals surface area contributed by atoms with Gasteiger partial charge in [-0.05, 0) is 108 Å². The second kappa shape index (κ2) is 12.1. The van der Waals surface area contributed by atoms with Crippen LogP contribution in [0.1, 0.15) is 0 Å². The Morgan fingerprint density at radius 1 is 0.286 bits per heavy atom. The molecule has 0 radical (unpaired) electrons. The van der Waals surface area contributed by atoms with Crippen molar-refractivity contribution in [2.45, 2.75) is 0 Å². The van der Waals surface area contributed by atoms with Crippen molar-refractivity contribution in [1.82, 2.24) is 0 Å². The van der Waals surface area contributed by atoms with Crippen molar-refractivity contribution in [3.8, 4) is 57.1 Å². The van der Waals surface area contributed by atoms with Gasteiger partial charge in [-0.3, -0.25) is 0 Å². The van der Waals surface area contributed by atoms with Gasteiger partial charge >= 0.3 is 0 Å².